The number of nitrogens with one attached hydrogen (secondary N) is 1. The van der Waals surface area contributed by atoms with Crippen LogP contribution in [0.4, 0.5) is 0 Å². The van der Waals surface area contributed by atoms with Crippen molar-refractivity contribution in [1.82, 2.24) is 5.32 Å². The zero-order valence-corrected chi connectivity index (χ0v) is 7.59. The van der Waals surface area contributed by atoms with Crippen LogP contribution >= 0.6 is 0 Å². The van der Waals surface area contributed by atoms with E-state index in [-0.39, 0.29) is 6.42 Å². The highest BCUT2D eigenvalue weighted by Gasteiger charge is 2.42. The molecular weight excluding hydrogens is 168 g/mol. The number of hydrogen-bond acceptors (Lipinski definition) is 4. The first kappa shape index (κ1) is 9.87. The lowest BCUT2D eigenvalue weighted by molar-refractivity contribution is -0.139. The summed E-state index contributed by atoms with van der Waals surface area (Å²) in [7, 11) is 0. The topological polar surface area (TPSA) is 70.0 Å². The fourth-order valence-electron chi connectivity index (χ4n) is 1.70. The molecule has 0 aliphatic carbocycles. The quantitative estimate of drug-likeness (QED) is 0.629. The standard InChI is InChI=1S/C9H12N2O2/c1-7(12)8(13)9(4-5-10)3-2-6-11-9/h11H,2-4,6H2,1H3/t9-/m1/s1. The summed E-state index contributed by atoms with van der Waals surface area (Å²) in [4.78, 5) is 22.4. The molecule has 0 aromatic carbocycles. The Bertz CT molecular complexity index is 272. The minimum atomic E-state index is -0.874. The number of nitrogens with zero attached hydrogens (tertiary/aromatic N) is 1. The van der Waals surface area contributed by atoms with Gasteiger partial charge in [0.15, 0.2) is 5.78 Å². The molecule has 1 aliphatic heterocycles. The second-order valence-corrected chi connectivity index (χ2v) is 3.33. The Kier molecular flexibility index (Phi) is 2.79. The molecule has 1 rings (SSSR count). The largest absolute Gasteiger partial charge is 0.304 e. The molecule has 1 saturated heterocycles. The van der Waals surface area contributed by atoms with Crippen LogP contribution in [0.15, 0.2) is 0 Å². The second-order valence-electron chi connectivity index (χ2n) is 3.33. The van der Waals surface area contributed by atoms with Gasteiger partial charge in [-0.3, -0.25) is 9.59 Å². The fourth-order valence-corrected chi connectivity index (χ4v) is 1.70. The molecule has 1 atom stereocenters. The zero-order chi connectivity index (χ0) is 9.90. The summed E-state index contributed by atoms with van der Waals surface area (Å²) >= 11 is 0. The smallest absolute Gasteiger partial charge is 0.219 e. The van der Waals surface area contributed by atoms with Gasteiger partial charge in [0.1, 0.15) is 0 Å². The van der Waals surface area contributed by atoms with Gasteiger partial charge in [0.25, 0.3) is 0 Å². The van der Waals surface area contributed by atoms with E-state index in [4.69, 9.17) is 5.26 Å². The van der Waals surface area contributed by atoms with Crippen molar-refractivity contribution in [1.29, 1.82) is 5.26 Å². The molecule has 0 radical (unpaired) electrons. The van der Waals surface area contributed by atoms with Crippen LogP contribution in [-0.2, 0) is 9.59 Å². The van der Waals surface area contributed by atoms with Crippen LogP contribution in [0.3, 0.4) is 0 Å². The van der Waals surface area contributed by atoms with Crippen LogP contribution in [-0.4, -0.2) is 23.7 Å². The first-order valence-corrected chi connectivity index (χ1v) is 4.30. The number of Topliss-reactive ketones (excluding diaryl/α,β-unsaturated/α-hetero) is 2. The highest BCUT2D eigenvalue weighted by molar-refractivity contribution is 6.39. The van der Waals surface area contributed by atoms with Crippen LogP contribution in [0.5, 0.6) is 0 Å². The second kappa shape index (κ2) is 3.67. The highest BCUT2D eigenvalue weighted by atomic mass is 16.2. The SMILES string of the molecule is CC(=O)C(=O)[C@]1(CC#N)CCCN1. The lowest BCUT2D eigenvalue weighted by Gasteiger charge is -2.23. The maximum atomic E-state index is 11.5. The van der Waals surface area contributed by atoms with Crippen LogP contribution in [0.1, 0.15) is 26.2 Å². The first-order valence-electron chi connectivity index (χ1n) is 4.30. The summed E-state index contributed by atoms with van der Waals surface area (Å²) in [6.45, 7) is 1.96. The number of rotatable bonds is 3. The van der Waals surface area contributed by atoms with Gasteiger partial charge in [-0.1, -0.05) is 0 Å². The Hall–Kier alpha value is -1.21. The van der Waals surface area contributed by atoms with Gasteiger partial charge in [-0.2, -0.15) is 5.26 Å². The molecule has 1 heterocycles. The van der Waals surface area contributed by atoms with Gasteiger partial charge in [-0.15, -0.1) is 0 Å². The Morgan fingerprint density at radius 3 is 2.69 bits per heavy atom. The van der Waals surface area contributed by atoms with Crippen LogP contribution in [0.2, 0.25) is 0 Å². The van der Waals surface area contributed by atoms with Crippen molar-refractivity contribution in [2.24, 2.45) is 0 Å². The average Bonchev–Trinajstić information content (AvgIpc) is 2.53. The number of carbonyl (C=O) groups excluding carboxylic acids is 2. The fraction of sp³-hybridized carbons (Fsp3) is 0.667. The van der Waals surface area contributed by atoms with Gasteiger partial charge in [0, 0.05) is 6.92 Å². The van der Waals surface area contributed by atoms with E-state index >= 15 is 0 Å². The molecule has 13 heavy (non-hydrogen) atoms. The number of carbonyl (C=O) groups is 2. The Balaban J connectivity index is 2.85. The molecule has 1 aliphatic rings. The summed E-state index contributed by atoms with van der Waals surface area (Å²) in [5.74, 6) is -0.920. The van der Waals surface area contributed by atoms with Gasteiger partial charge >= 0.3 is 0 Å². The molecule has 0 spiro atoms. The van der Waals surface area contributed by atoms with E-state index in [2.05, 4.69) is 5.32 Å². The average molecular weight is 180 g/mol. The molecule has 0 aromatic rings. The predicted molar refractivity (Wildman–Crippen MR) is 45.9 cm³/mol. The minimum absolute atomic E-state index is 0.0887. The Morgan fingerprint density at radius 1 is 1.62 bits per heavy atom. The van der Waals surface area contributed by atoms with Crippen molar-refractivity contribution in [2.45, 2.75) is 31.7 Å². The Morgan fingerprint density at radius 2 is 2.31 bits per heavy atom. The summed E-state index contributed by atoms with van der Waals surface area (Å²) in [6.07, 6.45) is 1.53. The lowest BCUT2D eigenvalue weighted by Crippen LogP contribution is -2.50. The molecular formula is C9H12N2O2. The van der Waals surface area contributed by atoms with Crippen molar-refractivity contribution < 1.29 is 9.59 Å². The molecule has 0 bridgehead atoms. The third-order valence-electron chi connectivity index (χ3n) is 2.38. The molecule has 4 heteroatoms. The van der Waals surface area contributed by atoms with Crippen molar-refractivity contribution >= 4 is 11.6 Å². The van der Waals surface area contributed by atoms with Gasteiger partial charge in [-0.25, -0.2) is 0 Å². The van der Waals surface area contributed by atoms with E-state index in [0.29, 0.717) is 13.0 Å². The van der Waals surface area contributed by atoms with E-state index in [1.807, 2.05) is 6.07 Å². The Labute approximate surface area is 76.9 Å². The molecule has 1 fully saturated rings. The van der Waals surface area contributed by atoms with E-state index in [9.17, 15) is 9.59 Å². The predicted octanol–water partition coefficient (Wildman–Crippen LogP) is 0.180. The zero-order valence-electron chi connectivity index (χ0n) is 7.59. The van der Waals surface area contributed by atoms with Gasteiger partial charge in [-0.05, 0) is 19.4 Å². The maximum Gasteiger partial charge on any atom is 0.219 e. The summed E-state index contributed by atoms with van der Waals surface area (Å²) in [6, 6.07) is 1.95. The van der Waals surface area contributed by atoms with Crippen molar-refractivity contribution in [3.63, 3.8) is 0 Å². The molecule has 1 N–H and O–H groups in total. The molecule has 70 valence electrons. The van der Waals surface area contributed by atoms with E-state index in [1.54, 1.807) is 0 Å². The maximum absolute atomic E-state index is 11.5. The molecule has 0 aromatic heterocycles. The van der Waals surface area contributed by atoms with Crippen molar-refractivity contribution in [2.75, 3.05) is 6.54 Å². The van der Waals surface area contributed by atoms with Crippen LogP contribution < -0.4 is 5.32 Å². The van der Waals surface area contributed by atoms with Gasteiger partial charge in [0.2, 0.25) is 5.78 Å². The molecule has 0 amide bonds. The summed E-state index contributed by atoms with van der Waals surface area (Å²) < 4.78 is 0. The molecule has 0 unspecified atom stereocenters. The van der Waals surface area contributed by atoms with E-state index in [1.165, 1.54) is 6.92 Å². The van der Waals surface area contributed by atoms with E-state index in [0.717, 1.165) is 6.42 Å². The lowest BCUT2D eigenvalue weighted by atomic mass is 9.87. The van der Waals surface area contributed by atoms with Crippen LogP contribution in [0.25, 0.3) is 0 Å². The van der Waals surface area contributed by atoms with Crippen molar-refractivity contribution in [3.05, 3.63) is 0 Å². The van der Waals surface area contributed by atoms with Crippen LogP contribution in [0, 0.1) is 11.3 Å². The van der Waals surface area contributed by atoms with Gasteiger partial charge < -0.3 is 5.32 Å². The monoisotopic (exact) mass is 180 g/mol. The number of nitriles is 1. The summed E-state index contributed by atoms with van der Waals surface area (Å²) in [5.41, 5.74) is -0.874. The van der Waals surface area contributed by atoms with Crippen molar-refractivity contribution in [3.8, 4) is 6.07 Å². The van der Waals surface area contributed by atoms with E-state index < -0.39 is 17.1 Å². The minimum Gasteiger partial charge on any atom is -0.304 e. The number of hydrogen-bond donors (Lipinski definition) is 1. The highest BCUT2D eigenvalue weighted by Crippen LogP contribution is 2.24. The normalized spacial score (nSPS) is 26.8. The number of ketones is 2. The summed E-state index contributed by atoms with van der Waals surface area (Å²) in [5, 5.41) is 11.5. The molecule has 4 nitrogen and oxygen atoms in total. The first-order chi connectivity index (χ1) is 6.12. The molecule has 0 saturated carbocycles. The third kappa shape index (κ3) is 1.76. The third-order valence-corrected chi connectivity index (χ3v) is 2.38. The van der Waals surface area contributed by atoms with Gasteiger partial charge in [0.05, 0.1) is 18.0 Å².